The van der Waals surface area contributed by atoms with E-state index in [0.717, 1.165) is 10.0 Å². The molecule has 0 saturated heterocycles. The van der Waals surface area contributed by atoms with E-state index in [1.54, 1.807) is 43.3 Å². The van der Waals surface area contributed by atoms with E-state index in [-0.39, 0.29) is 11.7 Å². The van der Waals surface area contributed by atoms with Crippen LogP contribution in [0.1, 0.15) is 31.1 Å². The fourth-order valence-electron chi connectivity index (χ4n) is 1.96. The molecule has 1 aromatic carbocycles. The van der Waals surface area contributed by atoms with E-state index in [9.17, 15) is 9.59 Å². The van der Waals surface area contributed by atoms with Gasteiger partial charge in [-0.3, -0.25) is 4.79 Å². The third kappa shape index (κ3) is 3.80. The Balaban J connectivity index is 2.20. The first kappa shape index (κ1) is 16.4. The highest BCUT2D eigenvalue weighted by atomic mass is 79.9. The van der Waals surface area contributed by atoms with E-state index < -0.39 is 5.97 Å². The van der Waals surface area contributed by atoms with Crippen molar-refractivity contribution in [1.29, 1.82) is 0 Å². The maximum atomic E-state index is 12.0. The van der Waals surface area contributed by atoms with Gasteiger partial charge >= 0.3 is 5.97 Å². The second-order valence-corrected chi connectivity index (χ2v) is 6.22. The summed E-state index contributed by atoms with van der Waals surface area (Å²) in [5, 5.41) is 3.93. The van der Waals surface area contributed by atoms with Crippen molar-refractivity contribution in [3.05, 3.63) is 57.6 Å². The molecule has 1 aromatic rings. The molecule has 114 valence electrons. The van der Waals surface area contributed by atoms with Crippen molar-refractivity contribution in [2.24, 2.45) is 11.1 Å². The number of ketones is 1. The first-order chi connectivity index (χ1) is 10.4. The molecule has 0 amide bonds. The predicted octanol–water partition coefficient (Wildman–Crippen LogP) is 4.07. The van der Waals surface area contributed by atoms with E-state index in [2.05, 4.69) is 21.1 Å². The molecule has 0 aliphatic heterocycles. The molecule has 0 aromatic heterocycles. The lowest BCUT2D eigenvalue weighted by Crippen LogP contribution is -2.16. The lowest BCUT2D eigenvalue weighted by Gasteiger charge is -2.15. The van der Waals surface area contributed by atoms with Crippen LogP contribution in [-0.2, 0) is 9.63 Å². The molecule has 1 aliphatic carbocycles. The molecule has 0 fully saturated rings. The summed E-state index contributed by atoms with van der Waals surface area (Å²) in [5.74, 6) is -0.466. The molecule has 0 N–H and O–H groups in total. The van der Waals surface area contributed by atoms with Crippen LogP contribution in [0.4, 0.5) is 0 Å². The molecule has 0 unspecified atom stereocenters. The molecule has 0 saturated carbocycles. The SMILES string of the molecule is CC1=C/C(=N\OC(=O)c2ccc(Br)cc2)C(C(C)C)=CC1=O. The van der Waals surface area contributed by atoms with Crippen LogP contribution >= 0.6 is 15.9 Å². The minimum atomic E-state index is -0.536. The number of rotatable bonds is 3. The van der Waals surface area contributed by atoms with Gasteiger partial charge in [-0.15, -0.1) is 0 Å². The average Bonchev–Trinajstić information content (AvgIpc) is 2.48. The Morgan fingerprint density at radius 2 is 1.82 bits per heavy atom. The zero-order valence-electron chi connectivity index (χ0n) is 12.6. The maximum Gasteiger partial charge on any atom is 0.365 e. The summed E-state index contributed by atoms with van der Waals surface area (Å²) >= 11 is 3.31. The van der Waals surface area contributed by atoms with Gasteiger partial charge in [-0.2, -0.15) is 0 Å². The average molecular weight is 362 g/mol. The second kappa shape index (κ2) is 6.83. The van der Waals surface area contributed by atoms with E-state index in [1.807, 2.05) is 13.8 Å². The predicted molar refractivity (Wildman–Crippen MR) is 88.7 cm³/mol. The van der Waals surface area contributed by atoms with Crippen LogP contribution in [0.2, 0.25) is 0 Å². The normalized spacial score (nSPS) is 16.6. The zero-order valence-corrected chi connectivity index (χ0v) is 14.2. The van der Waals surface area contributed by atoms with Crippen LogP contribution in [0.25, 0.3) is 0 Å². The van der Waals surface area contributed by atoms with Gasteiger partial charge in [0, 0.05) is 4.47 Å². The minimum absolute atomic E-state index is 0.0399. The van der Waals surface area contributed by atoms with Gasteiger partial charge in [0.1, 0.15) is 5.71 Å². The largest absolute Gasteiger partial charge is 0.365 e. The van der Waals surface area contributed by atoms with Crippen LogP contribution in [0.5, 0.6) is 0 Å². The number of halogens is 1. The summed E-state index contributed by atoms with van der Waals surface area (Å²) in [6, 6.07) is 6.81. The summed E-state index contributed by atoms with van der Waals surface area (Å²) in [7, 11) is 0. The van der Waals surface area contributed by atoms with Crippen LogP contribution in [0.3, 0.4) is 0 Å². The van der Waals surface area contributed by atoms with E-state index >= 15 is 0 Å². The fraction of sp³-hybridized carbons (Fsp3) is 0.235. The highest BCUT2D eigenvalue weighted by molar-refractivity contribution is 9.10. The summed E-state index contributed by atoms with van der Waals surface area (Å²) in [4.78, 5) is 28.7. The summed E-state index contributed by atoms with van der Waals surface area (Å²) in [6.07, 6.45) is 3.19. The lowest BCUT2D eigenvalue weighted by atomic mass is 9.90. The Bertz CT molecular complexity index is 697. The number of hydrogen-bond acceptors (Lipinski definition) is 4. The standard InChI is InChI=1S/C17H16BrNO3/c1-10(2)14-9-16(20)11(3)8-15(14)19-22-17(21)12-4-6-13(18)7-5-12/h4-10H,1-3H3/b19-15+. The van der Waals surface area contributed by atoms with Crippen molar-refractivity contribution in [2.45, 2.75) is 20.8 Å². The van der Waals surface area contributed by atoms with Crippen molar-refractivity contribution >= 4 is 33.4 Å². The molecule has 5 heteroatoms. The molecule has 0 radical (unpaired) electrons. The molecular weight excluding hydrogens is 346 g/mol. The lowest BCUT2D eigenvalue weighted by molar-refractivity contribution is -0.111. The van der Waals surface area contributed by atoms with E-state index in [4.69, 9.17) is 4.84 Å². The van der Waals surface area contributed by atoms with Crippen molar-refractivity contribution in [3.63, 3.8) is 0 Å². The monoisotopic (exact) mass is 361 g/mol. The van der Waals surface area contributed by atoms with Gasteiger partial charge in [-0.1, -0.05) is 34.9 Å². The molecule has 22 heavy (non-hydrogen) atoms. The van der Waals surface area contributed by atoms with E-state index in [0.29, 0.717) is 16.8 Å². The van der Waals surface area contributed by atoms with Gasteiger partial charge < -0.3 is 4.84 Å². The van der Waals surface area contributed by atoms with Crippen molar-refractivity contribution in [2.75, 3.05) is 0 Å². The van der Waals surface area contributed by atoms with Crippen LogP contribution in [0.15, 0.2) is 57.2 Å². The third-order valence-electron chi connectivity index (χ3n) is 3.25. The van der Waals surface area contributed by atoms with Crippen molar-refractivity contribution in [1.82, 2.24) is 0 Å². The highest BCUT2D eigenvalue weighted by Crippen LogP contribution is 2.20. The first-order valence-electron chi connectivity index (χ1n) is 6.88. The number of oxime groups is 1. The Hall–Kier alpha value is -2.01. The van der Waals surface area contributed by atoms with Gasteiger partial charge in [0.15, 0.2) is 5.78 Å². The first-order valence-corrected chi connectivity index (χ1v) is 7.67. The van der Waals surface area contributed by atoms with E-state index in [1.165, 1.54) is 0 Å². The molecule has 4 nitrogen and oxygen atoms in total. The Labute approximate surface area is 137 Å². The molecule has 0 heterocycles. The highest BCUT2D eigenvalue weighted by Gasteiger charge is 2.19. The van der Waals surface area contributed by atoms with Gasteiger partial charge in [0.05, 0.1) is 5.56 Å². The summed E-state index contributed by atoms with van der Waals surface area (Å²) < 4.78 is 0.879. The minimum Gasteiger partial charge on any atom is -0.312 e. The van der Waals surface area contributed by atoms with Gasteiger partial charge in [-0.05, 0) is 60.4 Å². The molecule has 2 rings (SSSR count). The number of carbonyl (C=O) groups is 2. The Morgan fingerprint density at radius 1 is 1.18 bits per heavy atom. The third-order valence-corrected chi connectivity index (χ3v) is 3.78. The van der Waals surface area contributed by atoms with Gasteiger partial charge in [0.2, 0.25) is 0 Å². The number of nitrogens with zero attached hydrogens (tertiary/aromatic N) is 1. The van der Waals surface area contributed by atoms with Crippen molar-refractivity contribution in [3.8, 4) is 0 Å². The number of hydrogen-bond donors (Lipinski definition) is 0. The quantitative estimate of drug-likeness (QED) is 0.463. The smallest absolute Gasteiger partial charge is 0.312 e. The fourth-order valence-corrected chi connectivity index (χ4v) is 2.22. The molecule has 0 bridgehead atoms. The molecule has 0 atom stereocenters. The Morgan fingerprint density at radius 3 is 2.41 bits per heavy atom. The molecule has 0 spiro atoms. The Kier molecular flexibility index (Phi) is 5.08. The van der Waals surface area contributed by atoms with Crippen LogP contribution in [-0.4, -0.2) is 17.5 Å². The van der Waals surface area contributed by atoms with Gasteiger partial charge in [0.25, 0.3) is 0 Å². The van der Waals surface area contributed by atoms with Crippen molar-refractivity contribution < 1.29 is 14.4 Å². The van der Waals surface area contributed by atoms with Crippen LogP contribution in [0, 0.1) is 5.92 Å². The second-order valence-electron chi connectivity index (χ2n) is 5.31. The van der Waals surface area contributed by atoms with Crippen LogP contribution < -0.4 is 0 Å². The number of carbonyl (C=O) groups excluding carboxylic acids is 2. The number of allylic oxidation sites excluding steroid dienone is 4. The zero-order chi connectivity index (χ0) is 16.3. The summed E-state index contributed by atoms with van der Waals surface area (Å²) in [5.41, 5.74) is 2.26. The summed E-state index contributed by atoms with van der Waals surface area (Å²) in [6.45, 7) is 5.63. The molecular formula is C17H16BrNO3. The molecule has 1 aliphatic rings. The maximum absolute atomic E-state index is 12.0. The van der Waals surface area contributed by atoms with Gasteiger partial charge in [-0.25, -0.2) is 4.79 Å². The number of benzene rings is 1. The topological polar surface area (TPSA) is 55.7 Å².